The Kier molecular flexibility index (Phi) is 4.12. The van der Waals surface area contributed by atoms with Crippen LogP contribution in [0.3, 0.4) is 0 Å². The minimum atomic E-state index is -3.44. The van der Waals surface area contributed by atoms with Crippen molar-refractivity contribution in [3.8, 4) is 0 Å². The molecule has 0 amide bonds. The Balaban J connectivity index is 3.40. The van der Waals surface area contributed by atoms with Gasteiger partial charge in [0.15, 0.2) is 21.5 Å². The first kappa shape index (κ1) is 15.0. The van der Waals surface area contributed by atoms with Crippen LogP contribution in [0.25, 0.3) is 0 Å². The minimum Gasteiger partial charge on any atom is -0.312 e. The molecule has 0 aliphatic carbocycles. The van der Waals surface area contributed by atoms with Gasteiger partial charge >= 0.3 is 0 Å². The molecular weight excluding hydrogens is 260 g/mol. The van der Waals surface area contributed by atoms with E-state index in [1.165, 1.54) is 33.0 Å². The highest BCUT2D eigenvalue weighted by Crippen LogP contribution is 2.33. The highest BCUT2D eigenvalue weighted by atomic mass is 32.2. The van der Waals surface area contributed by atoms with Crippen LogP contribution in [0, 0.1) is 11.6 Å². The van der Waals surface area contributed by atoms with Crippen LogP contribution in [0.15, 0.2) is 18.2 Å². The number of nitrogens with one attached hydrogen (secondary N) is 1. The molecule has 0 aliphatic rings. The number of benzene rings is 1. The molecule has 1 unspecified atom stereocenters. The molecule has 18 heavy (non-hydrogen) atoms. The lowest BCUT2D eigenvalue weighted by molar-refractivity contribution is 0.416. The average Bonchev–Trinajstić information content (AvgIpc) is 2.23. The van der Waals surface area contributed by atoms with E-state index in [9.17, 15) is 17.2 Å². The summed E-state index contributed by atoms with van der Waals surface area (Å²) in [7, 11) is -1.93. The summed E-state index contributed by atoms with van der Waals surface area (Å²) in [5, 5.41) is 2.75. The smallest absolute Gasteiger partial charge is 0.163 e. The SMILES string of the molecule is CNC(c1cccc(F)c1F)C(C)(C)S(C)(=O)=O. The van der Waals surface area contributed by atoms with Crippen LogP contribution < -0.4 is 5.32 Å². The second kappa shape index (κ2) is 4.93. The van der Waals surface area contributed by atoms with Crippen LogP contribution in [0.5, 0.6) is 0 Å². The molecule has 0 spiro atoms. The van der Waals surface area contributed by atoms with Crippen molar-refractivity contribution in [1.82, 2.24) is 5.32 Å². The topological polar surface area (TPSA) is 46.2 Å². The van der Waals surface area contributed by atoms with Crippen LogP contribution in [-0.2, 0) is 9.84 Å². The summed E-state index contributed by atoms with van der Waals surface area (Å²) in [5.74, 6) is -2.01. The Morgan fingerprint density at radius 3 is 2.28 bits per heavy atom. The molecule has 0 fully saturated rings. The molecular formula is C12H17F2NO2S. The summed E-state index contributed by atoms with van der Waals surface area (Å²) in [4.78, 5) is 0. The van der Waals surface area contributed by atoms with Crippen molar-refractivity contribution in [2.24, 2.45) is 0 Å². The van der Waals surface area contributed by atoms with Crippen molar-refractivity contribution in [3.63, 3.8) is 0 Å². The fourth-order valence-electron chi connectivity index (χ4n) is 1.84. The molecule has 1 aromatic carbocycles. The molecule has 0 aromatic heterocycles. The van der Waals surface area contributed by atoms with Gasteiger partial charge in [-0.3, -0.25) is 0 Å². The van der Waals surface area contributed by atoms with E-state index in [2.05, 4.69) is 5.32 Å². The third-order valence-electron chi connectivity index (χ3n) is 3.23. The Labute approximate surface area is 106 Å². The summed E-state index contributed by atoms with van der Waals surface area (Å²) in [6, 6.07) is 2.91. The molecule has 1 rings (SSSR count). The predicted octanol–water partition coefficient (Wildman–Crippen LogP) is 2.05. The quantitative estimate of drug-likeness (QED) is 0.916. The van der Waals surface area contributed by atoms with Crippen molar-refractivity contribution >= 4 is 9.84 Å². The van der Waals surface area contributed by atoms with Gasteiger partial charge in [-0.1, -0.05) is 12.1 Å². The van der Waals surface area contributed by atoms with Gasteiger partial charge in [-0.25, -0.2) is 17.2 Å². The Hall–Kier alpha value is -1.01. The van der Waals surface area contributed by atoms with E-state index in [1.807, 2.05) is 0 Å². The predicted molar refractivity (Wildman–Crippen MR) is 67.1 cm³/mol. The first-order chi connectivity index (χ1) is 8.13. The van der Waals surface area contributed by atoms with E-state index in [0.717, 1.165) is 12.3 Å². The van der Waals surface area contributed by atoms with E-state index < -0.39 is 32.3 Å². The number of sulfone groups is 1. The molecule has 0 aliphatic heterocycles. The van der Waals surface area contributed by atoms with E-state index in [1.54, 1.807) is 0 Å². The lowest BCUT2D eigenvalue weighted by atomic mass is 9.94. The molecule has 6 heteroatoms. The van der Waals surface area contributed by atoms with Gasteiger partial charge in [0.25, 0.3) is 0 Å². The zero-order valence-corrected chi connectivity index (χ0v) is 11.6. The van der Waals surface area contributed by atoms with E-state index >= 15 is 0 Å². The van der Waals surface area contributed by atoms with Gasteiger partial charge in [0.05, 0.1) is 10.8 Å². The molecule has 1 aromatic rings. The van der Waals surface area contributed by atoms with Crippen LogP contribution in [0.2, 0.25) is 0 Å². The molecule has 0 saturated carbocycles. The van der Waals surface area contributed by atoms with Crippen molar-refractivity contribution in [1.29, 1.82) is 0 Å². The second-order valence-corrected chi connectivity index (χ2v) is 7.34. The van der Waals surface area contributed by atoms with Crippen LogP contribution in [-0.4, -0.2) is 26.5 Å². The van der Waals surface area contributed by atoms with Crippen molar-refractivity contribution in [2.45, 2.75) is 24.6 Å². The molecule has 0 bridgehead atoms. The van der Waals surface area contributed by atoms with Gasteiger partial charge < -0.3 is 5.32 Å². The summed E-state index contributed by atoms with van der Waals surface area (Å²) in [5.41, 5.74) is 0.00734. The maximum Gasteiger partial charge on any atom is 0.163 e. The first-order valence-electron chi connectivity index (χ1n) is 5.43. The summed E-state index contributed by atoms with van der Waals surface area (Å²) in [6.45, 7) is 2.96. The fourth-order valence-corrected chi connectivity index (χ4v) is 2.51. The Morgan fingerprint density at radius 1 is 1.28 bits per heavy atom. The number of hydrogen-bond donors (Lipinski definition) is 1. The van der Waals surface area contributed by atoms with Gasteiger partial charge in [-0.2, -0.15) is 0 Å². The molecule has 0 radical (unpaired) electrons. The van der Waals surface area contributed by atoms with Crippen LogP contribution in [0.4, 0.5) is 8.78 Å². The summed E-state index contributed by atoms with van der Waals surface area (Å²) < 4.78 is 49.2. The Bertz CT molecular complexity index is 541. The van der Waals surface area contributed by atoms with E-state index in [-0.39, 0.29) is 5.56 Å². The second-order valence-electron chi connectivity index (χ2n) is 4.74. The number of halogens is 2. The standard InChI is InChI=1S/C12H17F2NO2S/c1-12(2,18(4,16)17)11(15-3)8-6-5-7-9(13)10(8)14/h5-7,11,15H,1-4H3. The zero-order chi connectivity index (χ0) is 14.1. The molecule has 0 heterocycles. The molecule has 1 atom stereocenters. The largest absolute Gasteiger partial charge is 0.312 e. The van der Waals surface area contributed by atoms with Gasteiger partial charge in [0.1, 0.15) is 0 Å². The summed E-state index contributed by atoms with van der Waals surface area (Å²) >= 11 is 0. The monoisotopic (exact) mass is 277 g/mol. The van der Waals surface area contributed by atoms with Gasteiger partial charge in [0, 0.05) is 11.8 Å². The first-order valence-corrected chi connectivity index (χ1v) is 7.33. The number of hydrogen-bond acceptors (Lipinski definition) is 3. The minimum absolute atomic E-state index is 0.00734. The van der Waals surface area contributed by atoms with Gasteiger partial charge in [0.2, 0.25) is 0 Å². The van der Waals surface area contributed by atoms with Crippen molar-refractivity contribution in [3.05, 3.63) is 35.4 Å². The van der Waals surface area contributed by atoms with Gasteiger partial charge in [-0.15, -0.1) is 0 Å². The number of rotatable bonds is 4. The summed E-state index contributed by atoms with van der Waals surface area (Å²) in [6.07, 6.45) is 1.08. The third-order valence-corrected chi connectivity index (χ3v) is 5.38. The van der Waals surface area contributed by atoms with E-state index in [0.29, 0.717) is 0 Å². The van der Waals surface area contributed by atoms with E-state index in [4.69, 9.17) is 0 Å². The average molecular weight is 277 g/mol. The third kappa shape index (κ3) is 2.54. The molecule has 3 nitrogen and oxygen atoms in total. The van der Waals surface area contributed by atoms with Gasteiger partial charge in [-0.05, 0) is 27.0 Å². The maximum atomic E-state index is 13.7. The zero-order valence-electron chi connectivity index (χ0n) is 10.8. The van der Waals surface area contributed by atoms with Crippen LogP contribution in [0.1, 0.15) is 25.5 Å². The van der Waals surface area contributed by atoms with Crippen molar-refractivity contribution in [2.75, 3.05) is 13.3 Å². The molecule has 1 N–H and O–H groups in total. The molecule has 0 saturated heterocycles. The molecule has 102 valence electrons. The lowest BCUT2D eigenvalue weighted by Gasteiger charge is -2.33. The maximum absolute atomic E-state index is 13.7. The fraction of sp³-hybridized carbons (Fsp3) is 0.500. The van der Waals surface area contributed by atoms with Crippen LogP contribution >= 0.6 is 0 Å². The highest BCUT2D eigenvalue weighted by molar-refractivity contribution is 7.92. The lowest BCUT2D eigenvalue weighted by Crippen LogP contribution is -2.44. The normalized spacial score (nSPS) is 14.6. The Morgan fingerprint density at radius 2 is 1.83 bits per heavy atom. The highest BCUT2D eigenvalue weighted by Gasteiger charge is 2.40. The van der Waals surface area contributed by atoms with Crippen molar-refractivity contribution < 1.29 is 17.2 Å².